The molecule has 0 spiro atoms. The maximum Gasteiger partial charge on any atom is 0.0406 e. The third-order valence-electron chi connectivity index (χ3n) is 3.69. The van der Waals surface area contributed by atoms with Gasteiger partial charge in [0.25, 0.3) is 0 Å². The number of halogens is 2. The first-order valence-electron chi connectivity index (χ1n) is 7.02. The van der Waals surface area contributed by atoms with E-state index in [1.807, 2.05) is 12.1 Å². The molecule has 2 heteroatoms. The summed E-state index contributed by atoms with van der Waals surface area (Å²) in [5, 5.41) is 1.86. The maximum atomic E-state index is 5.95. The van der Waals surface area contributed by atoms with Crippen LogP contribution in [-0.4, -0.2) is 5.33 Å². The fourth-order valence-corrected chi connectivity index (χ4v) is 3.17. The van der Waals surface area contributed by atoms with Crippen molar-refractivity contribution >= 4 is 27.5 Å². The van der Waals surface area contributed by atoms with Crippen LogP contribution in [0.2, 0.25) is 5.02 Å². The predicted molar refractivity (Wildman–Crippen MR) is 85.9 cm³/mol. The molecule has 0 aliphatic heterocycles. The monoisotopic (exact) mass is 330 g/mol. The summed E-state index contributed by atoms with van der Waals surface area (Å²) >= 11 is 9.61. The highest BCUT2D eigenvalue weighted by molar-refractivity contribution is 9.09. The molecule has 1 rings (SSSR count). The summed E-state index contributed by atoms with van der Waals surface area (Å²) in [6, 6.07) is 8.33. The summed E-state index contributed by atoms with van der Waals surface area (Å²) < 4.78 is 0. The smallest absolute Gasteiger partial charge is 0.0406 e. The van der Waals surface area contributed by atoms with Crippen LogP contribution in [0, 0.1) is 5.92 Å². The highest BCUT2D eigenvalue weighted by Crippen LogP contribution is 2.30. The zero-order chi connectivity index (χ0) is 13.4. The second-order valence-corrected chi connectivity index (χ2v) is 6.14. The largest absolute Gasteiger partial charge is 0.0921 e. The van der Waals surface area contributed by atoms with Gasteiger partial charge in [0.05, 0.1) is 0 Å². The fourth-order valence-electron chi connectivity index (χ4n) is 2.41. The Morgan fingerprint density at radius 1 is 1.17 bits per heavy atom. The van der Waals surface area contributed by atoms with Gasteiger partial charge in [-0.2, -0.15) is 0 Å². The number of hydrogen-bond acceptors (Lipinski definition) is 0. The molecule has 0 N–H and O–H groups in total. The Balaban J connectivity index is 2.62. The molecular weight excluding hydrogens is 308 g/mol. The second kappa shape index (κ2) is 8.98. The van der Waals surface area contributed by atoms with Gasteiger partial charge >= 0.3 is 0 Å². The van der Waals surface area contributed by atoms with E-state index in [1.165, 1.54) is 37.7 Å². The van der Waals surface area contributed by atoms with E-state index < -0.39 is 0 Å². The van der Waals surface area contributed by atoms with Gasteiger partial charge in [0.1, 0.15) is 0 Å². The molecule has 1 aromatic rings. The van der Waals surface area contributed by atoms with Gasteiger partial charge in [0, 0.05) is 10.4 Å². The van der Waals surface area contributed by atoms with Crippen LogP contribution < -0.4 is 0 Å². The normalized spacial score (nSPS) is 14.4. The van der Waals surface area contributed by atoms with Crippen molar-refractivity contribution in [1.82, 2.24) is 0 Å². The summed E-state index contributed by atoms with van der Waals surface area (Å²) in [4.78, 5) is 0. The summed E-state index contributed by atoms with van der Waals surface area (Å²) in [5.41, 5.74) is 1.41. The second-order valence-electron chi connectivity index (χ2n) is 5.05. The van der Waals surface area contributed by atoms with Gasteiger partial charge < -0.3 is 0 Å². The van der Waals surface area contributed by atoms with Crippen LogP contribution in [0.4, 0.5) is 0 Å². The van der Waals surface area contributed by atoms with Crippen molar-refractivity contribution in [3.63, 3.8) is 0 Å². The summed E-state index contributed by atoms with van der Waals surface area (Å²) in [6.45, 7) is 4.58. The predicted octanol–water partition coefficient (Wildman–Crippen LogP) is 6.43. The van der Waals surface area contributed by atoms with Crippen LogP contribution in [0.5, 0.6) is 0 Å². The van der Waals surface area contributed by atoms with Crippen molar-refractivity contribution in [2.75, 3.05) is 5.33 Å². The van der Waals surface area contributed by atoms with Gasteiger partial charge in [-0.25, -0.2) is 0 Å². The van der Waals surface area contributed by atoms with Crippen LogP contribution in [0.1, 0.15) is 57.4 Å². The fraction of sp³-hybridized carbons (Fsp3) is 0.625. The van der Waals surface area contributed by atoms with Gasteiger partial charge in [-0.3, -0.25) is 0 Å². The van der Waals surface area contributed by atoms with Gasteiger partial charge in [-0.05, 0) is 36.0 Å². The lowest BCUT2D eigenvalue weighted by Crippen LogP contribution is -2.08. The van der Waals surface area contributed by atoms with E-state index in [9.17, 15) is 0 Å². The Bertz CT molecular complexity index is 320. The first kappa shape index (κ1) is 16.0. The average molecular weight is 332 g/mol. The molecule has 0 nitrogen and oxygen atoms in total. The average Bonchev–Trinajstić information content (AvgIpc) is 2.40. The maximum absolute atomic E-state index is 5.95. The molecule has 0 heterocycles. The van der Waals surface area contributed by atoms with E-state index in [-0.39, 0.29) is 0 Å². The lowest BCUT2D eigenvalue weighted by molar-refractivity contribution is 0.397. The Labute approximate surface area is 125 Å². The summed E-state index contributed by atoms with van der Waals surface area (Å²) in [6.07, 6.45) is 6.59. The number of rotatable bonds is 8. The third-order valence-corrected chi connectivity index (χ3v) is 4.72. The minimum absolute atomic E-state index is 0.615. The highest BCUT2D eigenvalue weighted by atomic mass is 79.9. The number of unbranched alkanes of at least 4 members (excludes halogenated alkanes) is 1. The molecule has 2 unspecified atom stereocenters. The summed E-state index contributed by atoms with van der Waals surface area (Å²) in [7, 11) is 0. The molecule has 0 aromatic heterocycles. The minimum Gasteiger partial charge on any atom is -0.0921 e. The Morgan fingerprint density at radius 3 is 2.33 bits per heavy atom. The van der Waals surface area contributed by atoms with Crippen molar-refractivity contribution in [3.05, 3.63) is 34.9 Å². The minimum atomic E-state index is 0.615. The van der Waals surface area contributed by atoms with Crippen molar-refractivity contribution in [2.45, 2.75) is 51.9 Å². The van der Waals surface area contributed by atoms with Gasteiger partial charge in [0.2, 0.25) is 0 Å². The van der Waals surface area contributed by atoms with Crippen molar-refractivity contribution in [2.24, 2.45) is 5.92 Å². The van der Waals surface area contributed by atoms with Crippen molar-refractivity contribution < 1.29 is 0 Å². The standard InChI is InChI=1S/C16H24BrCl/c1-3-5-6-13(4-2)11-15(12-17)14-7-9-16(18)10-8-14/h7-10,13,15H,3-6,11-12H2,1-2H3. The molecule has 102 valence electrons. The molecule has 0 fully saturated rings. The molecule has 0 radical (unpaired) electrons. The zero-order valence-corrected chi connectivity index (χ0v) is 13.8. The number of hydrogen-bond donors (Lipinski definition) is 0. The van der Waals surface area contributed by atoms with Crippen LogP contribution in [-0.2, 0) is 0 Å². The summed E-state index contributed by atoms with van der Waals surface area (Å²) in [5.74, 6) is 1.47. The lowest BCUT2D eigenvalue weighted by atomic mass is 9.86. The molecule has 1 aromatic carbocycles. The quantitative estimate of drug-likeness (QED) is 0.482. The van der Waals surface area contributed by atoms with Crippen LogP contribution in [0.15, 0.2) is 24.3 Å². The number of alkyl halides is 1. The van der Waals surface area contributed by atoms with Gasteiger partial charge in [-0.15, -0.1) is 0 Å². The lowest BCUT2D eigenvalue weighted by Gasteiger charge is -2.21. The highest BCUT2D eigenvalue weighted by Gasteiger charge is 2.16. The SMILES string of the molecule is CCCCC(CC)CC(CBr)c1ccc(Cl)cc1. The molecule has 2 atom stereocenters. The first-order chi connectivity index (χ1) is 8.71. The van der Waals surface area contributed by atoms with Crippen molar-refractivity contribution in [3.8, 4) is 0 Å². The number of benzene rings is 1. The molecule has 18 heavy (non-hydrogen) atoms. The first-order valence-corrected chi connectivity index (χ1v) is 8.52. The van der Waals surface area contributed by atoms with E-state index in [1.54, 1.807) is 0 Å². The molecular formula is C16H24BrCl. The molecule has 0 saturated carbocycles. The van der Waals surface area contributed by atoms with Crippen LogP contribution in [0.3, 0.4) is 0 Å². The zero-order valence-electron chi connectivity index (χ0n) is 11.5. The van der Waals surface area contributed by atoms with Crippen LogP contribution >= 0.6 is 27.5 Å². The van der Waals surface area contributed by atoms with Gasteiger partial charge in [-0.1, -0.05) is 79.2 Å². The molecule has 0 bridgehead atoms. The Morgan fingerprint density at radius 2 is 1.83 bits per heavy atom. The Kier molecular flexibility index (Phi) is 8.01. The third kappa shape index (κ3) is 5.32. The van der Waals surface area contributed by atoms with E-state index >= 15 is 0 Å². The van der Waals surface area contributed by atoms with E-state index in [4.69, 9.17) is 11.6 Å². The van der Waals surface area contributed by atoms with E-state index in [2.05, 4.69) is 41.9 Å². The molecule has 0 aliphatic carbocycles. The van der Waals surface area contributed by atoms with E-state index in [0.29, 0.717) is 5.92 Å². The topological polar surface area (TPSA) is 0 Å². The van der Waals surface area contributed by atoms with E-state index in [0.717, 1.165) is 16.3 Å². The molecule has 0 aliphatic rings. The Hall–Kier alpha value is -0.0100. The molecule has 0 saturated heterocycles. The van der Waals surface area contributed by atoms with Crippen LogP contribution in [0.25, 0.3) is 0 Å². The van der Waals surface area contributed by atoms with Gasteiger partial charge in [0.15, 0.2) is 0 Å². The van der Waals surface area contributed by atoms with Crippen molar-refractivity contribution in [1.29, 1.82) is 0 Å². The molecule has 0 amide bonds.